The van der Waals surface area contributed by atoms with E-state index in [9.17, 15) is 9.59 Å². The molecule has 0 N–H and O–H groups in total. The van der Waals surface area contributed by atoms with E-state index in [4.69, 9.17) is 16.0 Å². The minimum absolute atomic E-state index is 0.0611. The third-order valence-electron chi connectivity index (χ3n) is 8.58. The highest BCUT2D eigenvalue weighted by molar-refractivity contribution is 9.10. The molecule has 4 heterocycles. The second-order valence-electron chi connectivity index (χ2n) is 13.0. The molecule has 16 heteroatoms. The fourth-order valence-corrected chi connectivity index (χ4v) is 8.18. The van der Waals surface area contributed by atoms with Gasteiger partial charge in [0.1, 0.15) is 0 Å². The molecule has 0 unspecified atom stereocenters. The molecule has 1 aliphatic rings. The monoisotopic (exact) mass is 855 g/mol. The van der Waals surface area contributed by atoms with Crippen molar-refractivity contribution in [1.82, 2.24) is 44.9 Å². The Labute approximate surface area is 338 Å². The quantitative estimate of drug-likeness (QED) is 0.0974. The molecule has 0 fully saturated rings. The SMILES string of the molecule is Brc1ccccc1-c1nnc(CSc2nnnn2-c2ccccc2)o1.CC(C)Cn1c(SCC(=O)N2CCc3ccccc3C2)nc2cc(Cl)ccc2c1=O. The fraction of sp³-hybridized carbons (Fsp3) is 0.231. The molecule has 1 amide bonds. The van der Waals surface area contributed by atoms with E-state index in [0.29, 0.717) is 56.9 Å². The van der Waals surface area contributed by atoms with Crippen molar-refractivity contribution in [3.8, 4) is 17.1 Å². The third-order valence-corrected chi connectivity index (χ3v) is 11.4. The minimum atomic E-state index is -0.0905. The molecule has 280 valence electrons. The van der Waals surface area contributed by atoms with Gasteiger partial charge in [0.15, 0.2) is 5.16 Å². The summed E-state index contributed by atoms with van der Waals surface area (Å²) in [6.07, 6.45) is 0.872. The van der Waals surface area contributed by atoms with Crippen LogP contribution in [0.4, 0.5) is 0 Å². The zero-order valence-electron chi connectivity index (χ0n) is 29.9. The Morgan fingerprint density at radius 3 is 2.47 bits per heavy atom. The van der Waals surface area contributed by atoms with Crippen molar-refractivity contribution in [2.45, 2.75) is 49.4 Å². The van der Waals surface area contributed by atoms with Crippen molar-refractivity contribution in [1.29, 1.82) is 0 Å². The number of thioether (sulfide) groups is 2. The number of hydrogen-bond acceptors (Lipinski definition) is 11. The van der Waals surface area contributed by atoms with E-state index in [1.807, 2.05) is 71.6 Å². The van der Waals surface area contributed by atoms with Crippen LogP contribution in [0.25, 0.3) is 28.0 Å². The zero-order chi connectivity index (χ0) is 38.3. The first-order valence-corrected chi connectivity index (χ1v) is 20.6. The van der Waals surface area contributed by atoms with Gasteiger partial charge in [-0.1, -0.05) is 104 Å². The van der Waals surface area contributed by atoms with Gasteiger partial charge in [0.25, 0.3) is 5.56 Å². The van der Waals surface area contributed by atoms with Gasteiger partial charge in [0.05, 0.1) is 33.7 Å². The summed E-state index contributed by atoms with van der Waals surface area (Å²) in [5, 5.41) is 22.3. The number of benzene rings is 4. The van der Waals surface area contributed by atoms with Crippen LogP contribution >= 0.6 is 51.1 Å². The van der Waals surface area contributed by atoms with Crippen molar-refractivity contribution >= 4 is 67.9 Å². The van der Waals surface area contributed by atoms with Crippen LogP contribution in [0.5, 0.6) is 0 Å². The van der Waals surface area contributed by atoms with Crippen LogP contribution in [0.1, 0.15) is 30.9 Å². The second-order valence-corrected chi connectivity index (χ2v) is 16.1. The van der Waals surface area contributed by atoms with Crippen LogP contribution in [-0.2, 0) is 30.1 Å². The number of nitrogens with zero attached hydrogens (tertiary/aromatic N) is 9. The number of tetrazole rings is 1. The molecule has 4 aromatic carbocycles. The van der Waals surface area contributed by atoms with Gasteiger partial charge in [0, 0.05) is 29.1 Å². The molecule has 7 aromatic rings. The number of aromatic nitrogens is 8. The summed E-state index contributed by atoms with van der Waals surface area (Å²) < 4.78 is 10.0. The first kappa shape index (κ1) is 38.4. The Bertz CT molecular complexity index is 2490. The lowest BCUT2D eigenvalue weighted by atomic mass is 10.00. The normalized spacial score (nSPS) is 12.4. The predicted molar refractivity (Wildman–Crippen MR) is 218 cm³/mol. The Morgan fingerprint density at radius 2 is 1.67 bits per heavy atom. The van der Waals surface area contributed by atoms with Gasteiger partial charge in [-0.25, -0.2) is 4.98 Å². The predicted octanol–water partition coefficient (Wildman–Crippen LogP) is 8.15. The van der Waals surface area contributed by atoms with E-state index in [1.54, 1.807) is 27.4 Å². The number of para-hydroxylation sites is 1. The van der Waals surface area contributed by atoms with Crippen LogP contribution in [-0.4, -0.2) is 63.1 Å². The number of halogens is 2. The second kappa shape index (κ2) is 17.8. The van der Waals surface area contributed by atoms with Crippen molar-refractivity contribution in [2.24, 2.45) is 5.92 Å². The molecule has 0 saturated carbocycles. The largest absolute Gasteiger partial charge is 0.420 e. The summed E-state index contributed by atoms with van der Waals surface area (Å²) in [6.45, 7) is 6.02. The molecule has 1 aliphatic heterocycles. The number of rotatable bonds is 10. The van der Waals surface area contributed by atoms with Crippen LogP contribution in [0.2, 0.25) is 5.02 Å². The van der Waals surface area contributed by atoms with E-state index in [1.165, 1.54) is 34.7 Å². The molecule has 0 spiro atoms. The first-order valence-electron chi connectivity index (χ1n) is 17.4. The summed E-state index contributed by atoms with van der Waals surface area (Å²) in [4.78, 5) is 32.5. The molecule has 0 atom stereocenters. The summed E-state index contributed by atoms with van der Waals surface area (Å²) >= 11 is 12.3. The standard InChI is InChI=1S/C23H24ClN3O2S.C16H11BrN6OS/c1-15(2)12-27-22(29)19-8-7-18(24)11-20(19)25-23(27)30-14-21(28)26-10-9-16-5-3-4-6-17(16)13-26;17-13-9-5-4-8-12(13)15-19-18-14(24-15)10-25-16-20-21-22-23(16)11-6-2-1-3-7-11/h3-8,11,15H,9-10,12-14H2,1-2H3;1-9H,10H2. The highest BCUT2D eigenvalue weighted by Gasteiger charge is 2.22. The van der Waals surface area contributed by atoms with Crippen molar-refractivity contribution in [3.05, 3.63) is 134 Å². The topological polar surface area (TPSA) is 138 Å². The van der Waals surface area contributed by atoms with Crippen LogP contribution < -0.4 is 5.56 Å². The van der Waals surface area contributed by atoms with Gasteiger partial charge in [-0.3, -0.25) is 14.2 Å². The number of carbonyl (C=O) groups is 1. The minimum Gasteiger partial charge on any atom is -0.420 e. The van der Waals surface area contributed by atoms with E-state index in [-0.39, 0.29) is 23.1 Å². The highest BCUT2D eigenvalue weighted by Crippen LogP contribution is 2.29. The zero-order valence-corrected chi connectivity index (χ0v) is 33.9. The molecular weight excluding hydrogens is 822 g/mol. The van der Waals surface area contributed by atoms with E-state index < -0.39 is 0 Å². The average Bonchev–Trinajstić information content (AvgIpc) is 3.88. The Morgan fingerprint density at radius 1 is 0.909 bits per heavy atom. The third kappa shape index (κ3) is 9.35. The van der Waals surface area contributed by atoms with E-state index in [2.05, 4.69) is 72.6 Å². The van der Waals surface area contributed by atoms with Crippen LogP contribution in [0.3, 0.4) is 0 Å². The molecule has 0 saturated heterocycles. The lowest BCUT2D eigenvalue weighted by molar-refractivity contribution is -0.129. The van der Waals surface area contributed by atoms with Crippen molar-refractivity contribution in [2.75, 3.05) is 12.3 Å². The lowest BCUT2D eigenvalue weighted by Gasteiger charge is -2.28. The molecule has 0 radical (unpaired) electrons. The number of carbonyl (C=O) groups excluding carboxylic acids is 1. The summed E-state index contributed by atoms with van der Waals surface area (Å²) in [7, 11) is 0. The molecule has 55 heavy (non-hydrogen) atoms. The van der Waals surface area contributed by atoms with Gasteiger partial charge in [-0.15, -0.1) is 15.3 Å². The summed E-state index contributed by atoms with van der Waals surface area (Å²) in [5.41, 5.74) is 4.75. The van der Waals surface area contributed by atoms with Gasteiger partial charge in [-0.2, -0.15) is 4.68 Å². The maximum atomic E-state index is 13.1. The Kier molecular flexibility index (Phi) is 12.4. The molecular formula is C39H35BrClN9O3S2. The van der Waals surface area contributed by atoms with Crippen LogP contribution in [0.15, 0.2) is 121 Å². The lowest BCUT2D eigenvalue weighted by Crippen LogP contribution is -2.37. The smallest absolute Gasteiger partial charge is 0.262 e. The number of fused-ring (bicyclic) bond motifs is 2. The van der Waals surface area contributed by atoms with Gasteiger partial charge >= 0.3 is 0 Å². The molecule has 0 bridgehead atoms. The molecule has 0 aliphatic carbocycles. The maximum Gasteiger partial charge on any atom is 0.262 e. The fourth-order valence-electron chi connectivity index (χ4n) is 5.92. The highest BCUT2D eigenvalue weighted by atomic mass is 79.9. The Hall–Kier alpha value is -4.83. The van der Waals surface area contributed by atoms with Gasteiger partial charge < -0.3 is 9.32 Å². The van der Waals surface area contributed by atoms with Gasteiger partial charge in [-0.05, 0) is 92.3 Å². The molecule has 8 rings (SSSR count). The molecule has 3 aromatic heterocycles. The Balaban J connectivity index is 0.000000172. The first-order chi connectivity index (χ1) is 26.7. The average molecular weight is 857 g/mol. The number of hydrogen-bond donors (Lipinski definition) is 0. The van der Waals surface area contributed by atoms with Crippen molar-refractivity contribution < 1.29 is 9.21 Å². The number of amides is 1. The maximum absolute atomic E-state index is 13.1. The van der Waals surface area contributed by atoms with E-state index >= 15 is 0 Å². The van der Waals surface area contributed by atoms with Crippen molar-refractivity contribution in [3.63, 3.8) is 0 Å². The summed E-state index contributed by atoms with van der Waals surface area (Å²) in [5.74, 6) is 2.06. The van der Waals surface area contributed by atoms with E-state index in [0.717, 1.165) is 28.7 Å². The molecule has 12 nitrogen and oxygen atoms in total. The van der Waals surface area contributed by atoms with Crippen LogP contribution in [0, 0.1) is 5.92 Å². The van der Waals surface area contributed by atoms with Gasteiger partial charge in [0.2, 0.25) is 22.8 Å². The summed E-state index contributed by atoms with van der Waals surface area (Å²) in [6, 6.07) is 30.8.